The second-order valence-corrected chi connectivity index (χ2v) is 6.86. The monoisotopic (exact) mass is 366 g/mol. The van der Waals surface area contributed by atoms with Crippen LogP contribution in [0.4, 0.5) is 11.4 Å². The van der Waals surface area contributed by atoms with Gasteiger partial charge in [0.2, 0.25) is 0 Å². The van der Waals surface area contributed by atoms with Crippen LogP contribution in [0.15, 0.2) is 23.4 Å². The molecule has 3 N–H and O–H groups in total. The van der Waals surface area contributed by atoms with E-state index in [4.69, 9.17) is 40.5 Å². The Labute approximate surface area is 136 Å². The van der Waals surface area contributed by atoms with Crippen LogP contribution in [0.2, 0.25) is 15.3 Å². The molecule has 0 aliphatic rings. The topological polar surface area (TPSA) is 98.0 Å². The van der Waals surface area contributed by atoms with Crippen molar-refractivity contribution in [3.8, 4) is 0 Å². The molecule has 0 aliphatic heterocycles. The lowest BCUT2D eigenvalue weighted by Gasteiger charge is -2.13. The minimum absolute atomic E-state index is 0.0801. The summed E-state index contributed by atoms with van der Waals surface area (Å²) in [6, 6.07) is 2.74. The summed E-state index contributed by atoms with van der Waals surface area (Å²) in [5.74, 6) is 0. The molecule has 1 aromatic heterocycles. The van der Waals surface area contributed by atoms with E-state index in [1.807, 2.05) is 0 Å². The summed E-state index contributed by atoms with van der Waals surface area (Å²) < 4.78 is 27.1. The van der Waals surface area contributed by atoms with Gasteiger partial charge in [0, 0.05) is 10.7 Å². The third-order valence-corrected chi connectivity index (χ3v) is 4.91. The molecular formula is C11H9Cl3N4O2S. The Balaban J connectivity index is 2.54. The molecule has 0 amide bonds. The summed E-state index contributed by atoms with van der Waals surface area (Å²) in [7, 11) is -4.00. The van der Waals surface area contributed by atoms with Gasteiger partial charge in [-0.1, -0.05) is 34.8 Å². The molecule has 0 saturated heterocycles. The van der Waals surface area contributed by atoms with E-state index in [1.54, 1.807) is 6.92 Å². The van der Waals surface area contributed by atoms with Gasteiger partial charge in [-0.25, -0.2) is 18.4 Å². The van der Waals surface area contributed by atoms with E-state index in [0.717, 1.165) is 6.33 Å². The molecule has 1 heterocycles. The third-order valence-electron chi connectivity index (χ3n) is 2.65. The second-order valence-electron chi connectivity index (χ2n) is 4.05. The van der Waals surface area contributed by atoms with Crippen LogP contribution in [0.5, 0.6) is 0 Å². The Kier molecular flexibility index (Phi) is 4.48. The number of nitrogens with zero attached hydrogens (tertiary/aromatic N) is 2. The SMILES string of the molecule is Cc1c(N)cc(Cl)cc1S(=O)(=O)Nc1c(Cl)ncnc1Cl. The highest BCUT2D eigenvalue weighted by atomic mass is 35.5. The third kappa shape index (κ3) is 3.32. The number of hydrogen-bond acceptors (Lipinski definition) is 5. The first-order chi connectivity index (χ1) is 9.72. The quantitative estimate of drug-likeness (QED) is 0.641. The maximum Gasteiger partial charge on any atom is 0.262 e. The Morgan fingerprint density at radius 3 is 2.29 bits per heavy atom. The fourth-order valence-electron chi connectivity index (χ4n) is 1.57. The van der Waals surface area contributed by atoms with E-state index in [-0.39, 0.29) is 31.6 Å². The van der Waals surface area contributed by atoms with Gasteiger partial charge in [-0.15, -0.1) is 0 Å². The number of halogens is 3. The molecule has 0 bridgehead atoms. The van der Waals surface area contributed by atoms with Crippen LogP contribution in [0.1, 0.15) is 5.56 Å². The van der Waals surface area contributed by atoms with Gasteiger partial charge in [-0.3, -0.25) is 4.72 Å². The molecule has 112 valence electrons. The minimum Gasteiger partial charge on any atom is -0.398 e. The molecule has 0 fully saturated rings. The number of nitrogens with one attached hydrogen (secondary N) is 1. The molecule has 1 aromatic carbocycles. The molecule has 0 saturated carbocycles. The molecule has 2 rings (SSSR count). The number of rotatable bonds is 3. The van der Waals surface area contributed by atoms with Crippen molar-refractivity contribution in [2.75, 3.05) is 10.5 Å². The summed E-state index contributed by atoms with van der Waals surface area (Å²) in [6.45, 7) is 1.56. The van der Waals surface area contributed by atoms with Crippen molar-refractivity contribution in [2.45, 2.75) is 11.8 Å². The van der Waals surface area contributed by atoms with Gasteiger partial charge in [0.15, 0.2) is 10.3 Å². The standard InChI is InChI=1S/C11H9Cl3N4O2S/c1-5-7(15)2-6(12)3-8(5)21(19,20)18-9-10(13)16-4-17-11(9)14/h2-4,18H,15H2,1H3. The van der Waals surface area contributed by atoms with Gasteiger partial charge in [-0.2, -0.15) is 0 Å². The lowest BCUT2D eigenvalue weighted by Crippen LogP contribution is -2.16. The van der Waals surface area contributed by atoms with Crippen molar-refractivity contribution in [3.05, 3.63) is 39.4 Å². The van der Waals surface area contributed by atoms with Crippen molar-refractivity contribution in [1.82, 2.24) is 9.97 Å². The molecule has 0 radical (unpaired) electrons. The highest BCUT2D eigenvalue weighted by Gasteiger charge is 2.22. The summed E-state index contributed by atoms with van der Waals surface area (Å²) in [5.41, 5.74) is 6.22. The van der Waals surface area contributed by atoms with E-state index >= 15 is 0 Å². The van der Waals surface area contributed by atoms with Crippen molar-refractivity contribution in [1.29, 1.82) is 0 Å². The molecule has 2 aromatic rings. The summed E-state index contributed by atoms with van der Waals surface area (Å²) in [6.07, 6.45) is 1.12. The zero-order chi connectivity index (χ0) is 15.8. The van der Waals surface area contributed by atoms with E-state index < -0.39 is 10.0 Å². The second kappa shape index (κ2) is 5.84. The Morgan fingerprint density at radius 2 is 1.71 bits per heavy atom. The zero-order valence-electron chi connectivity index (χ0n) is 10.6. The number of anilines is 2. The van der Waals surface area contributed by atoms with E-state index in [9.17, 15) is 8.42 Å². The van der Waals surface area contributed by atoms with Crippen LogP contribution < -0.4 is 10.5 Å². The van der Waals surface area contributed by atoms with E-state index in [0.29, 0.717) is 5.56 Å². The molecule has 21 heavy (non-hydrogen) atoms. The molecule has 0 spiro atoms. The smallest absolute Gasteiger partial charge is 0.262 e. The molecule has 0 unspecified atom stereocenters. The average Bonchev–Trinajstić information content (AvgIpc) is 2.38. The van der Waals surface area contributed by atoms with Crippen molar-refractivity contribution in [2.24, 2.45) is 0 Å². The Morgan fingerprint density at radius 1 is 1.14 bits per heavy atom. The van der Waals surface area contributed by atoms with Gasteiger partial charge in [-0.05, 0) is 24.6 Å². The molecule has 10 heteroatoms. The maximum absolute atomic E-state index is 12.4. The average molecular weight is 368 g/mol. The Hall–Kier alpha value is -1.28. The van der Waals surface area contributed by atoms with Crippen LogP contribution >= 0.6 is 34.8 Å². The van der Waals surface area contributed by atoms with Crippen LogP contribution in [0.25, 0.3) is 0 Å². The summed E-state index contributed by atoms with van der Waals surface area (Å²) in [4.78, 5) is 7.25. The fourth-order valence-corrected chi connectivity index (χ4v) is 3.76. The number of hydrogen-bond donors (Lipinski definition) is 2. The predicted molar refractivity (Wildman–Crippen MR) is 83.5 cm³/mol. The van der Waals surface area contributed by atoms with Gasteiger partial charge in [0.1, 0.15) is 12.0 Å². The highest BCUT2D eigenvalue weighted by Crippen LogP contribution is 2.31. The van der Waals surface area contributed by atoms with Crippen molar-refractivity contribution in [3.63, 3.8) is 0 Å². The summed E-state index contributed by atoms with van der Waals surface area (Å²) >= 11 is 17.5. The minimum atomic E-state index is -4.00. The number of sulfonamides is 1. The molecular weight excluding hydrogens is 359 g/mol. The lowest BCUT2D eigenvalue weighted by molar-refractivity contribution is 0.600. The first-order valence-corrected chi connectivity index (χ1v) is 8.08. The maximum atomic E-state index is 12.4. The number of benzene rings is 1. The van der Waals surface area contributed by atoms with Crippen molar-refractivity contribution < 1.29 is 8.42 Å². The highest BCUT2D eigenvalue weighted by molar-refractivity contribution is 7.92. The predicted octanol–water partition coefficient (Wildman–Crippen LogP) is 3.13. The number of aromatic nitrogens is 2. The lowest BCUT2D eigenvalue weighted by atomic mass is 10.2. The van der Waals surface area contributed by atoms with E-state index in [2.05, 4.69) is 14.7 Å². The zero-order valence-corrected chi connectivity index (χ0v) is 13.6. The van der Waals surface area contributed by atoms with Gasteiger partial charge in [0.05, 0.1) is 4.90 Å². The normalized spacial score (nSPS) is 11.4. The number of nitrogen functional groups attached to an aromatic ring is 1. The number of nitrogens with two attached hydrogens (primary N) is 1. The van der Waals surface area contributed by atoms with Crippen LogP contribution in [-0.4, -0.2) is 18.4 Å². The van der Waals surface area contributed by atoms with Crippen molar-refractivity contribution >= 4 is 56.2 Å². The molecule has 0 aliphatic carbocycles. The summed E-state index contributed by atoms with van der Waals surface area (Å²) in [5, 5.41) is -0.0440. The first-order valence-electron chi connectivity index (χ1n) is 5.47. The van der Waals surface area contributed by atoms with Crippen LogP contribution in [0, 0.1) is 6.92 Å². The molecule has 0 atom stereocenters. The van der Waals surface area contributed by atoms with Gasteiger partial charge >= 0.3 is 0 Å². The molecule has 6 nitrogen and oxygen atoms in total. The van der Waals surface area contributed by atoms with Gasteiger partial charge in [0.25, 0.3) is 10.0 Å². The van der Waals surface area contributed by atoms with Crippen LogP contribution in [0.3, 0.4) is 0 Å². The van der Waals surface area contributed by atoms with E-state index in [1.165, 1.54) is 12.1 Å². The Bertz CT molecular complexity index is 791. The van der Waals surface area contributed by atoms with Gasteiger partial charge < -0.3 is 5.73 Å². The first kappa shape index (κ1) is 16.1. The van der Waals surface area contributed by atoms with Crippen LogP contribution in [-0.2, 0) is 10.0 Å². The largest absolute Gasteiger partial charge is 0.398 e. The fraction of sp³-hybridized carbons (Fsp3) is 0.0909.